The molecule has 1 fully saturated rings. The van der Waals surface area contributed by atoms with Crippen LogP contribution in [0.2, 0.25) is 0 Å². The molecule has 0 radical (unpaired) electrons. The normalized spacial score (nSPS) is 27.2. The predicted octanol–water partition coefficient (Wildman–Crippen LogP) is 1.04. The van der Waals surface area contributed by atoms with Crippen LogP contribution in [0.4, 0.5) is 0 Å². The van der Waals surface area contributed by atoms with Crippen molar-refractivity contribution in [2.45, 2.75) is 12.8 Å². The van der Waals surface area contributed by atoms with E-state index in [0.29, 0.717) is 6.61 Å². The summed E-state index contributed by atoms with van der Waals surface area (Å²) in [5.74, 6) is 0. The van der Waals surface area contributed by atoms with Crippen molar-refractivity contribution < 1.29 is 9.09 Å². The van der Waals surface area contributed by atoms with Crippen LogP contribution in [0.25, 0.3) is 0 Å². The molecule has 1 unspecified atom stereocenters. The van der Waals surface area contributed by atoms with Gasteiger partial charge in [-0.3, -0.25) is 0 Å². The Kier molecular flexibility index (Phi) is 2.40. The lowest BCUT2D eigenvalue weighted by molar-refractivity contribution is 0.328. The maximum Gasteiger partial charge on any atom is 0.612 e. The number of rotatable bonds is 0. The summed E-state index contributed by atoms with van der Waals surface area (Å²) in [6, 6.07) is 0. The minimum Gasteiger partial charge on any atom is -0.130 e. The van der Waals surface area contributed by atoms with Gasteiger partial charge >= 0.3 is 8.18 Å². The van der Waals surface area contributed by atoms with E-state index in [1.165, 1.54) is 0 Å². The highest BCUT2D eigenvalue weighted by molar-refractivity contribution is 7.36. The second-order valence-corrected chi connectivity index (χ2v) is 2.79. The summed E-state index contributed by atoms with van der Waals surface area (Å²) in [6.07, 6.45) is 2.09. The Morgan fingerprint density at radius 2 is 2.38 bits per heavy atom. The van der Waals surface area contributed by atoms with Crippen LogP contribution in [0, 0.1) is 0 Å². The first kappa shape index (κ1) is 6.14. The summed E-state index contributed by atoms with van der Waals surface area (Å²) in [5, 5.41) is 2.73. The zero-order valence-corrected chi connectivity index (χ0v) is 5.49. The van der Waals surface area contributed by atoms with Crippen molar-refractivity contribution in [2.75, 3.05) is 13.2 Å². The monoisotopic (exact) mass is 134 g/mol. The molecule has 46 valence electrons. The number of hydrogen-bond donors (Lipinski definition) is 1. The summed E-state index contributed by atoms with van der Waals surface area (Å²) >= 11 is 0. The van der Waals surface area contributed by atoms with Gasteiger partial charge in [0.25, 0.3) is 0 Å². The highest BCUT2D eigenvalue weighted by Crippen LogP contribution is 2.18. The minimum atomic E-state index is -1.52. The van der Waals surface area contributed by atoms with E-state index in [4.69, 9.17) is 4.52 Å². The SMILES string of the molecule is O=[P+]1NCCCCO1. The molecule has 1 atom stereocenters. The van der Waals surface area contributed by atoms with E-state index in [2.05, 4.69) is 5.09 Å². The van der Waals surface area contributed by atoms with Crippen molar-refractivity contribution in [1.29, 1.82) is 0 Å². The lowest BCUT2D eigenvalue weighted by Crippen LogP contribution is -2.01. The quantitative estimate of drug-likeness (QED) is 0.503. The maximum atomic E-state index is 10.5. The highest BCUT2D eigenvalue weighted by Gasteiger charge is 2.18. The van der Waals surface area contributed by atoms with Gasteiger partial charge in [0.1, 0.15) is 6.61 Å². The molecule has 1 N–H and O–H groups in total. The lowest BCUT2D eigenvalue weighted by atomic mass is 10.3. The Labute approximate surface area is 49.3 Å². The van der Waals surface area contributed by atoms with Gasteiger partial charge in [0.05, 0.1) is 0 Å². The van der Waals surface area contributed by atoms with Gasteiger partial charge in [0.2, 0.25) is 0 Å². The van der Waals surface area contributed by atoms with Gasteiger partial charge in [-0.2, -0.15) is 0 Å². The second-order valence-electron chi connectivity index (χ2n) is 1.71. The summed E-state index contributed by atoms with van der Waals surface area (Å²) in [6.45, 7) is 1.47. The molecule has 3 nitrogen and oxygen atoms in total. The van der Waals surface area contributed by atoms with Crippen molar-refractivity contribution in [1.82, 2.24) is 5.09 Å². The molecule has 0 saturated carbocycles. The summed E-state index contributed by atoms with van der Waals surface area (Å²) in [4.78, 5) is 0. The largest absolute Gasteiger partial charge is 0.612 e. The Morgan fingerprint density at radius 1 is 1.50 bits per heavy atom. The molecular formula is C4H9NO2P+. The third kappa shape index (κ3) is 1.86. The van der Waals surface area contributed by atoms with Crippen LogP contribution in [-0.4, -0.2) is 13.2 Å². The van der Waals surface area contributed by atoms with Crippen molar-refractivity contribution >= 4 is 8.18 Å². The van der Waals surface area contributed by atoms with Crippen molar-refractivity contribution in [3.63, 3.8) is 0 Å². The maximum absolute atomic E-state index is 10.5. The molecule has 0 aromatic carbocycles. The highest BCUT2D eigenvalue weighted by atomic mass is 31.1. The molecule has 0 bridgehead atoms. The topological polar surface area (TPSA) is 38.3 Å². The van der Waals surface area contributed by atoms with Gasteiger partial charge in [-0.05, 0) is 17.4 Å². The fourth-order valence-corrected chi connectivity index (χ4v) is 1.32. The van der Waals surface area contributed by atoms with E-state index < -0.39 is 8.18 Å². The van der Waals surface area contributed by atoms with E-state index >= 15 is 0 Å². The molecule has 0 spiro atoms. The fourth-order valence-electron chi connectivity index (χ4n) is 0.591. The Balaban J connectivity index is 2.27. The van der Waals surface area contributed by atoms with Crippen LogP contribution in [0.5, 0.6) is 0 Å². The molecule has 4 heteroatoms. The Morgan fingerprint density at radius 3 is 3.25 bits per heavy atom. The molecule has 1 saturated heterocycles. The van der Waals surface area contributed by atoms with E-state index in [1.807, 2.05) is 0 Å². The van der Waals surface area contributed by atoms with Crippen LogP contribution < -0.4 is 5.09 Å². The van der Waals surface area contributed by atoms with Crippen LogP contribution in [-0.2, 0) is 9.09 Å². The first-order valence-electron chi connectivity index (χ1n) is 2.73. The standard InChI is InChI=1S/C4H9NO2P/c6-8-5-3-1-2-4-7-8/h1-4H2,(H,5,6)/q+1. The molecular weight excluding hydrogens is 125 g/mol. The van der Waals surface area contributed by atoms with Crippen molar-refractivity contribution in [3.8, 4) is 0 Å². The average Bonchev–Trinajstić information content (AvgIpc) is 1.94. The fraction of sp³-hybridized carbons (Fsp3) is 1.00. The van der Waals surface area contributed by atoms with Crippen molar-refractivity contribution in [3.05, 3.63) is 0 Å². The van der Waals surface area contributed by atoms with Crippen LogP contribution >= 0.6 is 8.18 Å². The zero-order chi connectivity index (χ0) is 5.82. The Hall–Kier alpha value is 0.0200. The van der Waals surface area contributed by atoms with E-state index in [-0.39, 0.29) is 0 Å². The smallest absolute Gasteiger partial charge is 0.130 e. The summed E-state index contributed by atoms with van der Waals surface area (Å²) in [5.41, 5.74) is 0. The van der Waals surface area contributed by atoms with Crippen LogP contribution in [0.15, 0.2) is 0 Å². The predicted molar refractivity (Wildman–Crippen MR) is 30.8 cm³/mol. The van der Waals surface area contributed by atoms with Crippen LogP contribution in [0.1, 0.15) is 12.8 Å². The third-order valence-corrected chi connectivity index (χ3v) is 1.92. The van der Waals surface area contributed by atoms with Gasteiger partial charge in [0.15, 0.2) is 0 Å². The first-order valence-corrected chi connectivity index (χ1v) is 3.91. The molecule has 1 rings (SSSR count). The molecule has 0 aromatic heterocycles. The summed E-state index contributed by atoms with van der Waals surface area (Å²) in [7, 11) is -1.52. The van der Waals surface area contributed by atoms with Gasteiger partial charge < -0.3 is 0 Å². The number of nitrogens with one attached hydrogen (secondary N) is 1. The molecule has 1 heterocycles. The molecule has 1 aliphatic rings. The lowest BCUT2D eigenvalue weighted by Gasteiger charge is -1.80. The molecule has 0 amide bonds. The van der Waals surface area contributed by atoms with Gasteiger partial charge in [-0.1, -0.05) is 5.09 Å². The van der Waals surface area contributed by atoms with Crippen molar-refractivity contribution in [2.24, 2.45) is 0 Å². The molecule has 8 heavy (non-hydrogen) atoms. The van der Waals surface area contributed by atoms with Crippen LogP contribution in [0.3, 0.4) is 0 Å². The zero-order valence-electron chi connectivity index (χ0n) is 4.59. The third-order valence-electron chi connectivity index (χ3n) is 1.02. The first-order chi connectivity index (χ1) is 3.89. The van der Waals surface area contributed by atoms with E-state index in [9.17, 15) is 4.57 Å². The molecule has 0 aromatic rings. The van der Waals surface area contributed by atoms with E-state index in [0.717, 1.165) is 19.4 Å². The van der Waals surface area contributed by atoms with E-state index in [1.54, 1.807) is 0 Å². The molecule has 1 aliphatic heterocycles. The van der Waals surface area contributed by atoms with Gasteiger partial charge in [0, 0.05) is 6.54 Å². The minimum absolute atomic E-state index is 0.641. The number of hydrogen-bond acceptors (Lipinski definition) is 2. The average molecular weight is 134 g/mol. The van der Waals surface area contributed by atoms with Gasteiger partial charge in [-0.15, -0.1) is 4.52 Å². The summed E-state index contributed by atoms with van der Waals surface area (Å²) < 4.78 is 15.3. The Bertz CT molecular complexity index is 86.0. The second kappa shape index (κ2) is 3.13. The van der Waals surface area contributed by atoms with Gasteiger partial charge in [-0.25, -0.2) is 0 Å². The molecule has 0 aliphatic carbocycles.